The summed E-state index contributed by atoms with van der Waals surface area (Å²) in [7, 11) is 0. The molecule has 6 rings (SSSR count). The molecular weight excluding hydrogens is 683 g/mol. The molecule has 0 spiro atoms. The summed E-state index contributed by atoms with van der Waals surface area (Å²) in [4.78, 5) is 55.1. The van der Waals surface area contributed by atoms with Crippen molar-refractivity contribution < 1.29 is 32.6 Å². The van der Waals surface area contributed by atoms with Gasteiger partial charge < -0.3 is 29.9 Å². The lowest BCUT2D eigenvalue weighted by Gasteiger charge is -2.24. The number of nitrogens with zero attached hydrogens (tertiary/aromatic N) is 7. The molecule has 3 aromatic heterocycles. The molecule has 0 unspecified atom stereocenters. The Morgan fingerprint density at radius 2 is 1.98 bits per heavy atom. The molecule has 5 heterocycles. The molecule has 3 N–H and O–H groups in total. The third-order valence-corrected chi connectivity index (χ3v) is 9.06. The van der Waals surface area contributed by atoms with Gasteiger partial charge in [-0.05, 0) is 49.5 Å². The van der Waals surface area contributed by atoms with Gasteiger partial charge >= 0.3 is 6.18 Å². The number of aryl methyl sites for hydroxylation is 1. The number of benzene rings is 1. The van der Waals surface area contributed by atoms with Crippen LogP contribution in [0.3, 0.4) is 0 Å². The van der Waals surface area contributed by atoms with Gasteiger partial charge in [0.15, 0.2) is 17.3 Å². The quantitative estimate of drug-likeness (QED) is 0.245. The third-order valence-electron chi connectivity index (χ3n) is 8.75. The standard InChI is InChI=1S/C32H33ClF3N9O5/c1-4-23-26(43-12-16(2)22(13-43)40-29(48)25-27(47)17(3)37-15-38-25)30(49)45-31(41-28(42-45)18-7-9-50-10-8-18)44(23)14-24(46)39-21-6-5-19(11-20(21)33)32(34,35)36/h5-7,11,15-16,22,47H,4,8-10,12-14H2,1-3H3,(H,39,46)(H,40,48)/t16-,22+/m1/s1. The van der Waals surface area contributed by atoms with E-state index < -0.39 is 35.2 Å². The summed E-state index contributed by atoms with van der Waals surface area (Å²) in [6.07, 6.45) is -0.816. The van der Waals surface area contributed by atoms with Crippen LogP contribution in [-0.2, 0) is 28.7 Å². The fourth-order valence-electron chi connectivity index (χ4n) is 6.13. The zero-order chi connectivity index (χ0) is 35.9. The monoisotopic (exact) mass is 715 g/mol. The minimum atomic E-state index is -4.61. The van der Waals surface area contributed by atoms with Crippen LogP contribution < -0.4 is 21.1 Å². The molecule has 1 aromatic carbocycles. The molecule has 2 amide bonds. The van der Waals surface area contributed by atoms with Crippen LogP contribution in [0.4, 0.5) is 24.5 Å². The van der Waals surface area contributed by atoms with E-state index in [-0.39, 0.29) is 64.7 Å². The second-order valence-corrected chi connectivity index (χ2v) is 12.5. The molecule has 50 heavy (non-hydrogen) atoms. The van der Waals surface area contributed by atoms with Gasteiger partial charge in [-0.25, -0.2) is 9.97 Å². The van der Waals surface area contributed by atoms with Gasteiger partial charge in [-0.1, -0.05) is 31.5 Å². The highest BCUT2D eigenvalue weighted by Gasteiger charge is 2.36. The molecule has 2 aliphatic rings. The number of alkyl halides is 3. The Kier molecular flexibility index (Phi) is 9.54. The Morgan fingerprint density at radius 3 is 2.66 bits per heavy atom. The number of fused-ring (bicyclic) bond motifs is 1. The first kappa shape index (κ1) is 34.8. The summed E-state index contributed by atoms with van der Waals surface area (Å²) in [5.41, 5.74) is 0.102. The van der Waals surface area contributed by atoms with E-state index in [9.17, 15) is 32.7 Å². The Bertz CT molecular complexity index is 2080. The number of nitrogens with one attached hydrogen (secondary N) is 2. The van der Waals surface area contributed by atoms with E-state index in [0.717, 1.165) is 28.3 Å². The summed E-state index contributed by atoms with van der Waals surface area (Å²) >= 11 is 6.11. The van der Waals surface area contributed by atoms with Crippen molar-refractivity contribution >= 4 is 46.1 Å². The Labute approximate surface area is 287 Å². The smallest absolute Gasteiger partial charge is 0.416 e. The van der Waals surface area contributed by atoms with Crippen molar-refractivity contribution in [1.29, 1.82) is 0 Å². The maximum atomic E-state index is 14.2. The van der Waals surface area contributed by atoms with Crippen molar-refractivity contribution in [2.24, 2.45) is 5.92 Å². The van der Waals surface area contributed by atoms with Crippen molar-refractivity contribution in [2.75, 3.05) is 36.5 Å². The SMILES string of the molecule is CCc1c(N2C[C@@H](C)[C@@H](NC(=O)c3ncnc(C)c3O)C2)c(=O)n2nc(C3=CCOCC3)nc2n1CC(=O)Nc1ccc(C(F)(F)F)cc1Cl. The molecule has 1 fully saturated rings. The van der Waals surface area contributed by atoms with E-state index in [1.165, 1.54) is 6.33 Å². The number of aromatic nitrogens is 6. The van der Waals surface area contributed by atoms with Gasteiger partial charge in [0.2, 0.25) is 11.7 Å². The first-order chi connectivity index (χ1) is 23.8. The van der Waals surface area contributed by atoms with Gasteiger partial charge in [0, 0.05) is 13.1 Å². The van der Waals surface area contributed by atoms with E-state index in [0.29, 0.717) is 37.7 Å². The highest BCUT2D eigenvalue weighted by atomic mass is 35.5. The fourth-order valence-corrected chi connectivity index (χ4v) is 6.36. The van der Waals surface area contributed by atoms with Crippen LogP contribution in [0.1, 0.15) is 53.5 Å². The van der Waals surface area contributed by atoms with Crippen molar-refractivity contribution in [3.05, 3.63) is 74.4 Å². The van der Waals surface area contributed by atoms with Crippen LogP contribution in [-0.4, -0.2) is 78.4 Å². The molecule has 18 heteroatoms. The summed E-state index contributed by atoms with van der Waals surface area (Å²) in [6, 6.07) is 2.17. The number of amides is 2. The first-order valence-electron chi connectivity index (χ1n) is 15.8. The number of hydrogen-bond donors (Lipinski definition) is 3. The molecule has 0 aliphatic carbocycles. The van der Waals surface area contributed by atoms with E-state index in [1.54, 1.807) is 11.5 Å². The van der Waals surface area contributed by atoms with Crippen molar-refractivity contribution in [3.8, 4) is 5.75 Å². The molecule has 0 radical (unpaired) electrons. The fraction of sp³-hybridized carbons (Fsp3) is 0.406. The number of hydrogen-bond acceptors (Lipinski definition) is 10. The van der Waals surface area contributed by atoms with Gasteiger partial charge in [-0.2, -0.15) is 22.7 Å². The van der Waals surface area contributed by atoms with Gasteiger partial charge in [0.1, 0.15) is 18.6 Å². The maximum absolute atomic E-state index is 14.2. The number of rotatable bonds is 8. The minimum absolute atomic E-state index is 0.0219. The normalized spacial score (nSPS) is 18.0. The van der Waals surface area contributed by atoms with Gasteiger partial charge in [0.05, 0.1) is 46.9 Å². The van der Waals surface area contributed by atoms with Crippen molar-refractivity contribution in [1.82, 2.24) is 34.4 Å². The summed E-state index contributed by atoms with van der Waals surface area (Å²) in [5.74, 6) is -1.32. The number of carbonyl (C=O) groups is 2. The predicted octanol–water partition coefficient (Wildman–Crippen LogP) is 3.63. The molecule has 2 atom stereocenters. The number of halogens is 4. The zero-order valence-electron chi connectivity index (χ0n) is 27.2. The summed E-state index contributed by atoms with van der Waals surface area (Å²) < 4.78 is 47.7. The lowest BCUT2D eigenvalue weighted by Crippen LogP contribution is -2.41. The zero-order valence-corrected chi connectivity index (χ0v) is 28.0. The molecule has 2 aliphatic heterocycles. The number of anilines is 2. The average molecular weight is 716 g/mol. The second kappa shape index (κ2) is 13.7. The van der Waals surface area contributed by atoms with Gasteiger partial charge in [-0.3, -0.25) is 14.4 Å². The molecule has 14 nitrogen and oxygen atoms in total. The molecule has 4 aromatic rings. The largest absolute Gasteiger partial charge is 0.504 e. The molecule has 264 valence electrons. The van der Waals surface area contributed by atoms with Crippen molar-refractivity contribution in [2.45, 2.75) is 52.4 Å². The Balaban J connectivity index is 1.37. The van der Waals surface area contributed by atoms with Crippen LogP contribution in [0.2, 0.25) is 5.02 Å². The van der Waals surface area contributed by atoms with Crippen LogP contribution in [0.5, 0.6) is 5.75 Å². The van der Waals surface area contributed by atoms with Crippen LogP contribution in [0, 0.1) is 12.8 Å². The molecule has 1 saturated heterocycles. The predicted molar refractivity (Wildman–Crippen MR) is 176 cm³/mol. The molecule has 0 saturated carbocycles. The highest BCUT2D eigenvalue weighted by molar-refractivity contribution is 6.33. The minimum Gasteiger partial charge on any atom is -0.504 e. The summed E-state index contributed by atoms with van der Waals surface area (Å²) in [6.45, 7) is 6.24. The Morgan fingerprint density at radius 1 is 1.20 bits per heavy atom. The van der Waals surface area contributed by atoms with E-state index >= 15 is 0 Å². The van der Waals surface area contributed by atoms with Crippen LogP contribution in [0.25, 0.3) is 11.4 Å². The first-order valence-corrected chi connectivity index (χ1v) is 16.2. The molecule has 0 bridgehead atoms. The number of ether oxygens (including phenoxy) is 1. The topological polar surface area (TPSA) is 169 Å². The van der Waals surface area contributed by atoms with Gasteiger partial charge in [-0.15, -0.1) is 5.10 Å². The van der Waals surface area contributed by atoms with E-state index in [1.807, 2.05) is 24.8 Å². The third kappa shape index (κ3) is 6.74. The highest BCUT2D eigenvalue weighted by Crippen LogP contribution is 2.34. The van der Waals surface area contributed by atoms with E-state index in [4.69, 9.17) is 16.3 Å². The Hall–Kier alpha value is -5.03. The number of aromatic hydroxyl groups is 1. The van der Waals surface area contributed by atoms with Crippen LogP contribution >= 0.6 is 11.6 Å². The average Bonchev–Trinajstić information content (AvgIpc) is 3.68. The number of carbonyl (C=O) groups excluding carboxylic acids is 2. The summed E-state index contributed by atoms with van der Waals surface area (Å²) in [5, 5.41) is 20.1. The second-order valence-electron chi connectivity index (χ2n) is 12.1. The molecular formula is C32H33ClF3N9O5. The van der Waals surface area contributed by atoms with Crippen LogP contribution in [0.15, 0.2) is 35.4 Å². The van der Waals surface area contributed by atoms with Gasteiger partial charge in [0.25, 0.3) is 11.5 Å². The lowest BCUT2D eigenvalue weighted by atomic mass is 10.1. The van der Waals surface area contributed by atoms with E-state index in [2.05, 4.69) is 30.7 Å². The van der Waals surface area contributed by atoms with Crippen molar-refractivity contribution in [3.63, 3.8) is 0 Å². The lowest BCUT2D eigenvalue weighted by molar-refractivity contribution is -0.137. The maximum Gasteiger partial charge on any atom is 0.416 e.